The van der Waals surface area contributed by atoms with Crippen molar-refractivity contribution in [3.63, 3.8) is 0 Å². The number of methoxy groups -OCH3 is 1. The van der Waals surface area contributed by atoms with Crippen LogP contribution in [0.15, 0.2) is 23.3 Å². The van der Waals surface area contributed by atoms with Gasteiger partial charge in [0.15, 0.2) is 0 Å². The molecule has 0 atom stereocenters. The molecule has 0 aliphatic carbocycles. The molecule has 0 saturated carbocycles. The Balaban J connectivity index is 2.93. The Labute approximate surface area is 88.9 Å². The van der Waals surface area contributed by atoms with Crippen molar-refractivity contribution in [3.05, 3.63) is 29.3 Å². The van der Waals surface area contributed by atoms with Crippen LogP contribution in [0.2, 0.25) is 0 Å². The van der Waals surface area contributed by atoms with Crippen LogP contribution in [0.1, 0.15) is 11.1 Å². The van der Waals surface area contributed by atoms with Gasteiger partial charge in [0.25, 0.3) is 0 Å². The standard InChI is InChI=1S/C10H16N4O/c1-15-9-3-2-7(4-8(9)6-11)5-10(12)14-13/h2-4H,5-6,11,13H2,1H3,(H2,12,14). The minimum Gasteiger partial charge on any atom is -0.496 e. The Morgan fingerprint density at radius 1 is 1.47 bits per heavy atom. The number of rotatable bonds is 4. The van der Waals surface area contributed by atoms with E-state index in [0.717, 1.165) is 16.9 Å². The van der Waals surface area contributed by atoms with Crippen molar-refractivity contribution in [1.82, 2.24) is 0 Å². The summed E-state index contributed by atoms with van der Waals surface area (Å²) in [5.41, 5.74) is 13.1. The second kappa shape index (κ2) is 5.21. The number of amidine groups is 1. The molecule has 6 N–H and O–H groups in total. The average molecular weight is 208 g/mol. The van der Waals surface area contributed by atoms with Crippen molar-refractivity contribution in [1.29, 1.82) is 0 Å². The van der Waals surface area contributed by atoms with Gasteiger partial charge in [-0.25, -0.2) is 0 Å². The summed E-state index contributed by atoms with van der Waals surface area (Å²) in [4.78, 5) is 0. The van der Waals surface area contributed by atoms with Crippen LogP contribution in [0.5, 0.6) is 5.75 Å². The first-order valence-corrected chi connectivity index (χ1v) is 4.59. The third-order valence-corrected chi connectivity index (χ3v) is 2.12. The van der Waals surface area contributed by atoms with Gasteiger partial charge in [-0.05, 0) is 11.6 Å². The molecule has 5 nitrogen and oxygen atoms in total. The van der Waals surface area contributed by atoms with Crippen LogP contribution < -0.4 is 22.0 Å². The van der Waals surface area contributed by atoms with Crippen LogP contribution in [0.25, 0.3) is 0 Å². The Morgan fingerprint density at radius 2 is 2.20 bits per heavy atom. The van der Waals surface area contributed by atoms with E-state index >= 15 is 0 Å². The third-order valence-electron chi connectivity index (χ3n) is 2.12. The van der Waals surface area contributed by atoms with Crippen LogP contribution in [-0.4, -0.2) is 12.9 Å². The van der Waals surface area contributed by atoms with E-state index < -0.39 is 0 Å². The van der Waals surface area contributed by atoms with Crippen LogP contribution in [0, 0.1) is 0 Å². The molecule has 0 amide bonds. The van der Waals surface area contributed by atoms with Crippen LogP contribution >= 0.6 is 0 Å². The van der Waals surface area contributed by atoms with Crippen molar-refractivity contribution in [3.8, 4) is 5.75 Å². The lowest BCUT2D eigenvalue weighted by Crippen LogP contribution is -2.17. The Hall–Kier alpha value is -1.75. The Morgan fingerprint density at radius 3 is 2.73 bits per heavy atom. The number of nitrogens with zero attached hydrogens (tertiary/aromatic N) is 1. The third kappa shape index (κ3) is 2.85. The Kier molecular flexibility index (Phi) is 3.93. The van der Waals surface area contributed by atoms with Crippen molar-refractivity contribution < 1.29 is 4.74 Å². The number of hydrogen-bond donors (Lipinski definition) is 3. The molecule has 0 saturated heterocycles. The lowest BCUT2D eigenvalue weighted by Gasteiger charge is -2.08. The van der Waals surface area contributed by atoms with E-state index in [1.54, 1.807) is 7.11 Å². The summed E-state index contributed by atoms with van der Waals surface area (Å²) < 4.78 is 5.16. The highest BCUT2D eigenvalue weighted by Gasteiger charge is 2.03. The summed E-state index contributed by atoms with van der Waals surface area (Å²) in [7, 11) is 1.61. The molecule has 1 aromatic rings. The molecular weight excluding hydrogens is 192 g/mol. The fourth-order valence-corrected chi connectivity index (χ4v) is 1.36. The molecule has 0 aromatic heterocycles. The summed E-state index contributed by atoms with van der Waals surface area (Å²) in [6, 6.07) is 5.72. The molecule has 5 heteroatoms. The van der Waals surface area contributed by atoms with E-state index in [1.165, 1.54) is 0 Å². The second-order valence-electron chi connectivity index (χ2n) is 3.15. The van der Waals surface area contributed by atoms with Crippen LogP contribution in [0.4, 0.5) is 0 Å². The molecule has 0 aliphatic heterocycles. The van der Waals surface area contributed by atoms with Gasteiger partial charge < -0.3 is 22.0 Å². The van der Waals surface area contributed by atoms with Gasteiger partial charge in [-0.15, -0.1) is 0 Å². The summed E-state index contributed by atoms with van der Waals surface area (Å²) in [6.07, 6.45) is 0.521. The van der Waals surface area contributed by atoms with E-state index in [0.29, 0.717) is 18.8 Å². The largest absolute Gasteiger partial charge is 0.496 e. The maximum absolute atomic E-state index is 5.59. The van der Waals surface area contributed by atoms with Gasteiger partial charge >= 0.3 is 0 Å². The van der Waals surface area contributed by atoms with E-state index in [2.05, 4.69) is 5.10 Å². The summed E-state index contributed by atoms with van der Waals surface area (Å²) in [5, 5.41) is 3.41. The molecule has 0 unspecified atom stereocenters. The average Bonchev–Trinajstić information content (AvgIpc) is 2.28. The molecule has 1 aromatic carbocycles. The first-order chi connectivity index (χ1) is 7.21. The van der Waals surface area contributed by atoms with Gasteiger partial charge in [0.2, 0.25) is 0 Å². The van der Waals surface area contributed by atoms with Gasteiger partial charge in [0, 0.05) is 18.5 Å². The van der Waals surface area contributed by atoms with Crippen LogP contribution in [-0.2, 0) is 13.0 Å². The maximum Gasteiger partial charge on any atom is 0.123 e. The fraction of sp³-hybridized carbons (Fsp3) is 0.300. The topological polar surface area (TPSA) is 99.6 Å². The molecule has 0 heterocycles. The monoisotopic (exact) mass is 208 g/mol. The highest BCUT2D eigenvalue weighted by atomic mass is 16.5. The molecule has 0 spiro atoms. The van der Waals surface area contributed by atoms with Gasteiger partial charge in [-0.3, -0.25) is 0 Å². The number of ether oxygens (including phenoxy) is 1. The molecular formula is C10H16N4O. The van der Waals surface area contributed by atoms with Crippen LogP contribution in [0.3, 0.4) is 0 Å². The first kappa shape index (κ1) is 11.3. The van der Waals surface area contributed by atoms with Gasteiger partial charge in [-0.2, -0.15) is 5.10 Å². The summed E-state index contributed by atoms with van der Waals surface area (Å²) >= 11 is 0. The lowest BCUT2D eigenvalue weighted by atomic mass is 10.1. The van der Waals surface area contributed by atoms with E-state index in [4.69, 9.17) is 22.0 Å². The fourth-order valence-electron chi connectivity index (χ4n) is 1.36. The van der Waals surface area contributed by atoms with E-state index in [1.807, 2.05) is 18.2 Å². The predicted octanol–water partition coefficient (Wildman–Crippen LogP) is -0.0727. The predicted molar refractivity (Wildman–Crippen MR) is 60.4 cm³/mol. The molecule has 0 aliphatic rings. The molecule has 15 heavy (non-hydrogen) atoms. The van der Waals surface area contributed by atoms with Crippen molar-refractivity contribution in [2.45, 2.75) is 13.0 Å². The molecule has 0 fully saturated rings. The van der Waals surface area contributed by atoms with Gasteiger partial charge in [0.1, 0.15) is 11.6 Å². The number of nitrogens with two attached hydrogens (primary N) is 3. The molecule has 0 radical (unpaired) electrons. The number of benzene rings is 1. The minimum atomic E-state index is 0.392. The summed E-state index contributed by atoms with van der Waals surface area (Å²) in [5.74, 6) is 6.23. The van der Waals surface area contributed by atoms with Gasteiger partial charge in [-0.1, -0.05) is 12.1 Å². The summed E-state index contributed by atoms with van der Waals surface area (Å²) in [6.45, 7) is 0.427. The second-order valence-corrected chi connectivity index (χ2v) is 3.15. The maximum atomic E-state index is 5.59. The zero-order chi connectivity index (χ0) is 11.3. The van der Waals surface area contributed by atoms with Crippen molar-refractivity contribution in [2.75, 3.05) is 7.11 Å². The van der Waals surface area contributed by atoms with E-state index in [9.17, 15) is 0 Å². The van der Waals surface area contributed by atoms with E-state index in [-0.39, 0.29) is 0 Å². The first-order valence-electron chi connectivity index (χ1n) is 4.59. The normalized spacial score (nSPS) is 11.5. The SMILES string of the molecule is COc1ccc(C/C(N)=N/N)cc1CN. The smallest absolute Gasteiger partial charge is 0.123 e. The lowest BCUT2D eigenvalue weighted by molar-refractivity contribution is 0.409. The van der Waals surface area contributed by atoms with Crippen molar-refractivity contribution in [2.24, 2.45) is 22.4 Å². The molecule has 1 rings (SSSR count). The number of hydrogen-bond acceptors (Lipinski definition) is 4. The molecule has 0 bridgehead atoms. The van der Waals surface area contributed by atoms with Gasteiger partial charge in [0.05, 0.1) is 7.11 Å². The Bertz CT molecular complexity index is 362. The minimum absolute atomic E-state index is 0.392. The quantitative estimate of drug-likeness (QED) is 0.279. The zero-order valence-electron chi connectivity index (χ0n) is 8.73. The highest BCUT2D eigenvalue weighted by Crippen LogP contribution is 2.19. The zero-order valence-corrected chi connectivity index (χ0v) is 8.73. The van der Waals surface area contributed by atoms with Crippen molar-refractivity contribution >= 4 is 5.84 Å². The number of hydrazone groups is 1. The highest BCUT2D eigenvalue weighted by molar-refractivity contribution is 5.82. The molecule has 82 valence electrons.